The molecule has 2 heterocycles. The molecule has 0 aliphatic rings. The number of carbonyl (C=O) groups is 1. The number of H-pyrrole nitrogens is 1. The van der Waals surface area contributed by atoms with Crippen LogP contribution in [0.15, 0.2) is 29.1 Å². The molecule has 0 fully saturated rings. The van der Waals surface area contributed by atoms with Gasteiger partial charge in [0, 0.05) is 24.9 Å². The van der Waals surface area contributed by atoms with Crippen LogP contribution in [-0.4, -0.2) is 22.4 Å². The van der Waals surface area contributed by atoms with Crippen molar-refractivity contribution < 1.29 is 9.21 Å². The number of nitrogens with one attached hydrogen (secondary N) is 2. The van der Waals surface area contributed by atoms with Gasteiger partial charge in [-0.2, -0.15) is 0 Å². The molecule has 0 bridgehead atoms. The molecular formula is C11H14N4O2. The van der Waals surface area contributed by atoms with Crippen LogP contribution in [0, 0.1) is 0 Å². The number of aromatic nitrogens is 2. The van der Waals surface area contributed by atoms with E-state index in [4.69, 9.17) is 10.2 Å². The molecule has 0 atom stereocenters. The molecule has 90 valence electrons. The van der Waals surface area contributed by atoms with Gasteiger partial charge in [-0.1, -0.05) is 0 Å². The standard InChI is InChI=1S/C11H14N4O2/c12-5-9-1-2-10(17-9)11(16)14-4-3-8-6-13-7-15-8/h1-2,6-7H,3-5,12H2,(H,13,15)(H,14,16). The summed E-state index contributed by atoms with van der Waals surface area (Å²) in [7, 11) is 0. The van der Waals surface area contributed by atoms with E-state index in [9.17, 15) is 4.79 Å². The topological polar surface area (TPSA) is 96.9 Å². The van der Waals surface area contributed by atoms with Crippen molar-refractivity contribution in [1.29, 1.82) is 0 Å². The van der Waals surface area contributed by atoms with E-state index in [-0.39, 0.29) is 11.7 Å². The van der Waals surface area contributed by atoms with Gasteiger partial charge in [-0.3, -0.25) is 4.79 Å². The lowest BCUT2D eigenvalue weighted by Crippen LogP contribution is -2.25. The summed E-state index contributed by atoms with van der Waals surface area (Å²) in [6.07, 6.45) is 4.04. The van der Waals surface area contributed by atoms with Gasteiger partial charge in [0.15, 0.2) is 5.76 Å². The second-order valence-electron chi connectivity index (χ2n) is 3.55. The average molecular weight is 234 g/mol. The molecule has 0 spiro atoms. The third-order valence-electron chi connectivity index (χ3n) is 2.32. The van der Waals surface area contributed by atoms with Crippen LogP contribution in [0.25, 0.3) is 0 Å². The number of furan rings is 1. The zero-order valence-electron chi connectivity index (χ0n) is 9.27. The van der Waals surface area contributed by atoms with E-state index in [0.717, 1.165) is 5.69 Å². The van der Waals surface area contributed by atoms with Crippen molar-refractivity contribution in [2.75, 3.05) is 6.54 Å². The Morgan fingerprint density at radius 2 is 2.41 bits per heavy atom. The highest BCUT2D eigenvalue weighted by Gasteiger charge is 2.09. The fourth-order valence-electron chi connectivity index (χ4n) is 1.43. The molecule has 0 aliphatic carbocycles. The maximum absolute atomic E-state index is 11.6. The quantitative estimate of drug-likeness (QED) is 0.699. The molecule has 6 heteroatoms. The Labute approximate surface area is 98.2 Å². The maximum Gasteiger partial charge on any atom is 0.287 e. The van der Waals surface area contributed by atoms with Crippen molar-refractivity contribution in [1.82, 2.24) is 15.3 Å². The Hall–Kier alpha value is -2.08. The number of hydrogen-bond acceptors (Lipinski definition) is 4. The number of nitrogens with two attached hydrogens (primary N) is 1. The number of amides is 1. The molecule has 17 heavy (non-hydrogen) atoms. The van der Waals surface area contributed by atoms with Gasteiger partial charge in [-0.15, -0.1) is 0 Å². The van der Waals surface area contributed by atoms with Crippen LogP contribution >= 0.6 is 0 Å². The van der Waals surface area contributed by atoms with Crippen molar-refractivity contribution in [3.63, 3.8) is 0 Å². The summed E-state index contributed by atoms with van der Waals surface area (Å²) in [4.78, 5) is 18.5. The summed E-state index contributed by atoms with van der Waals surface area (Å²) in [5.74, 6) is 0.656. The summed E-state index contributed by atoms with van der Waals surface area (Å²) in [5.41, 5.74) is 6.37. The number of imidazole rings is 1. The lowest BCUT2D eigenvalue weighted by Gasteiger charge is -2.01. The largest absolute Gasteiger partial charge is 0.455 e. The molecule has 6 nitrogen and oxygen atoms in total. The highest BCUT2D eigenvalue weighted by molar-refractivity contribution is 5.91. The smallest absolute Gasteiger partial charge is 0.287 e. The normalized spacial score (nSPS) is 10.4. The van der Waals surface area contributed by atoms with Crippen molar-refractivity contribution in [3.05, 3.63) is 41.9 Å². The summed E-state index contributed by atoms with van der Waals surface area (Å²) in [6.45, 7) is 0.821. The Morgan fingerprint density at radius 1 is 1.53 bits per heavy atom. The van der Waals surface area contributed by atoms with E-state index < -0.39 is 0 Å². The monoisotopic (exact) mass is 234 g/mol. The van der Waals surface area contributed by atoms with Gasteiger partial charge in [-0.25, -0.2) is 4.98 Å². The zero-order chi connectivity index (χ0) is 12.1. The first-order valence-corrected chi connectivity index (χ1v) is 5.34. The van der Waals surface area contributed by atoms with Gasteiger partial charge in [0.1, 0.15) is 5.76 Å². The van der Waals surface area contributed by atoms with Crippen molar-refractivity contribution in [3.8, 4) is 0 Å². The lowest BCUT2D eigenvalue weighted by atomic mass is 10.3. The van der Waals surface area contributed by atoms with Crippen LogP contribution < -0.4 is 11.1 Å². The third kappa shape index (κ3) is 2.94. The highest BCUT2D eigenvalue weighted by atomic mass is 16.4. The number of hydrogen-bond donors (Lipinski definition) is 3. The zero-order valence-corrected chi connectivity index (χ0v) is 9.27. The average Bonchev–Trinajstić information content (AvgIpc) is 2.99. The molecule has 2 aromatic rings. The minimum absolute atomic E-state index is 0.232. The molecule has 0 radical (unpaired) electrons. The number of rotatable bonds is 5. The lowest BCUT2D eigenvalue weighted by molar-refractivity contribution is 0.0924. The van der Waals surface area contributed by atoms with E-state index in [2.05, 4.69) is 15.3 Å². The summed E-state index contributed by atoms with van der Waals surface area (Å²) in [6, 6.07) is 3.32. The van der Waals surface area contributed by atoms with E-state index in [1.807, 2.05) is 0 Å². The molecule has 0 unspecified atom stereocenters. The minimum Gasteiger partial charge on any atom is -0.455 e. The van der Waals surface area contributed by atoms with Gasteiger partial charge in [0.25, 0.3) is 5.91 Å². The van der Waals surface area contributed by atoms with Gasteiger partial charge >= 0.3 is 0 Å². The van der Waals surface area contributed by atoms with Crippen molar-refractivity contribution in [2.45, 2.75) is 13.0 Å². The first-order chi connectivity index (χ1) is 8.29. The predicted octanol–water partition coefficient (Wildman–Crippen LogP) is 0.434. The number of nitrogens with zero attached hydrogens (tertiary/aromatic N) is 1. The Morgan fingerprint density at radius 3 is 3.06 bits per heavy atom. The van der Waals surface area contributed by atoms with Gasteiger partial charge in [-0.05, 0) is 12.1 Å². The second-order valence-corrected chi connectivity index (χ2v) is 3.55. The Bertz CT molecular complexity index is 475. The molecule has 4 N–H and O–H groups in total. The summed E-state index contributed by atoms with van der Waals surface area (Å²) < 4.78 is 5.23. The maximum atomic E-state index is 11.6. The number of carbonyl (C=O) groups excluding carboxylic acids is 1. The molecule has 0 aliphatic heterocycles. The molecule has 2 aromatic heterocycles. The van der Waals surface area contributed by atoms with Crippen LogP contribution in [-0.2, 0) is 13.0 Å². The van der Waals surface area contributed by atoms with E-state index in [1.165, 1.54) is 0 Å². The second kappa shape index (κ2) is 5.31. The molecular weight excluding hydrogens is 220 g/mol. The third-order valence-corrected chi connectivity index (χ3v) is 2.32. The molecule has 0 aromatic carbocycles. The van der Waals surface area contributed by atoms with Crippen LogP contribution in [0.3, 0.4) is 0 Å². The van der Waals surface area contributed by atoms with Crippen LogP contribution in [0.1, 0.15) is 22.0 Å². The summed E-state index contributed by atoms with van der Waals surface area (Å²) in [5, 5.41) is 2.75. The Balaban J connectivity index is 1.81. The predicted molar refractivity (Wildman–Crippen MR) is 61.2 cm³/mol. The first kappa shape index (κ1) is 11.4. The van der Waals surface area contributed by atoms with Gasteiger partial charge < -0.3 is 20.5 Å². The fraction of sp³-hybridized carbons (Fsp3) is 0.273. The van der Waals surface area contributed by atoms with E-state index >= 15 is 0 Å². The number of aromatic amines is 1. The molecule has 0 saturated carbocycles. The van der Waals surface area contributed by atoms with Gasteiger partial charge in [0.2, 0.25) is 0 Å². The van der Waals surface area contributed by atoms with Gasteiger partial charge in [0.05, 0.1) is 12.9 Å². The highest BCUT2D eigenvalue weighted by Crippen LogP contribution is 2.06. The van der Waals surface area contributed by atoms with Crippen LogP contribution in [0.2, 0.25) is 0 Å². The van der Waals surface area contributed by atoms with Crippen molar-refractivity contribution in [2.24, 2.45) is 5.73 Å². The molecule has 2 rings (SSSR count). The Kier molecular flexibility index (Phi) is 3.56. The first-order valence-electron chi connectivity index (χ1n) is 5.34. The minimum atomic E-state index is -0.232. The summed E-state index contributed by atoms with van der Waals surface area (Å²) >= 11 is 0. The molecule has 0 saturated heterocycles. The fourth-order valence-corrected chi connectivity index (χ4v) is 1.43. The van der Waals surface area contributed by atoms with Crippen molar-refractivity contribution >= 4 is 5.91 Å². The molecule has 1 amide bonds. The SMILES string of the molecule is NCc1ccc(C(=O)NCCc2cnc[nH]2)o1. The van der Waals surface area contributed by atoms with E-state index in [0.29, 0.717) is 25.3 Å². The van der Waals surface area contributed by atoms with E-state index in [1.54, 1.807) is 24.7 Å². The van der Waals surface area contributed by atoms with Crippen LogP contribution in [0.4, 0.5) is 0 Å². The van der Waals surface area contributed by atoms with Crippen LogP contribution in [0.5, 0.6) is 0 Å².